The summed E-state index contributed by atoms with van der Waals surface area (Å²) in [6, 6.07) is 10.6. The van der Waals surface area contributed by atoms with Gasteiger partial charge >= 0.3 is 0 Å². The zero-order valence-corrected chi connectivity index (χ0v) is 9.95. The van der Waals surface area contributed by atoms with Crippen molar-refractivity contribution in [2.45, 2.75) is 31.2 Å². The van der Waals surface area contributed by atoms with Crippen LogP contribution >= 0.6 is 0 Å². The summed E-state index contributed by atoms with van der Waals surface area (Å²) in [6.45, 7) is 0.842. The highest BCUT2D eigenvalue weighted by Crippen LogP contribution is 2.34. The van der Waals surface area contributed by atoms with Crippen molar-refractivity contribution in [2.24, 2.45) is 0 Å². The highest BCUT2D eigenvalue weighted by molar-refractivity contribution is 5.40. The van der Waals surface area contributed by atoms with E-state index in [0.29, 0.717) is 13.0 Å². The summed E-state index contributed by atoms with van der Waals surface area (Å²) in [6.07, 6.45) is 3.63. The van der Waals surface area contributed by atoms with Crippen LogP contribution in [0.4, 0.5) is 0 Å². The van der Waals surface area contributed by atoms with Gasteiger partial charge in [0.15, 0.2) is 0 Å². The van der Waals surface area contributed by atoms with Gasteiger partial charge in [0.1, 0.15) is 5.54 Å². The van der Waals surface area contributed by atoms with E-state index in [-0.39, 0.29) is 6.61 Å². The Morgan fingerprint density at radius 1 is 1.41 bits per heavy atom. The highest BCUT2D eigenvalue weighted by atomic mass is 16.3. The van der Waals surface area contributed by atoms with E-state index in [0.717, 1.165) is 24.8 Å². The first kappa shape index (κ1) is 12.1. The fraction of sp³-hybridized carbons (Fsp3) is 0.500. The standard InChI is InChI=1S/C14H18N2O/c15-11-14(16-9-4-10-17)8-3-6-12-5-1-2-7-13(12)14/h1-2,5,7,16-17H,3-4,6,8-10H2. The van der Waals surface area contributed by atoms with E-state index < -0.39 is 5.54 Å². The largest absolute Gasteiger partial charge is 0.396 e. The number of nitrogens with zero attached hydrogens (tertiary/aromatic N) is 1. The molecular weight excluding hydrogens is 212 g/mol. The monoisotopic (exact) mass is 230 g/mol. The summed E-state index contributed by atoms with van der Waals surface area (Å²) in [7, 11) is 0. The van der Waals surface area contributed by atoms with Crippen molar-refractivity contribution in [3.8, 4) is 6.07 Å². The van der Waals surface area contributed by atoms with Crippen LogP contribution in [0.25, 0.3) is 0 Å². The van der Waals surface area contributed by atoms with E-state index in [4.69, 9.17) is 5.11 Å². The predicted molar refractivity (Wildman–Crippen MR) is 66.4 cm³/mol. The number of nitrogens with one attached hydrogen (secondary N) is 1. The van der Waals surface area contributed by atoms with Gasteiger partial charge in [-0.2, -0.15) is 5.26 Å². The first-order valence-electron chi connectivity index (χ1n) is 6.18. The molecule has 1 atom stereocenters. The number of aliphatic hydroxyl groups excluding tert-OH is 1. The van der Waals surface area contributed by atoms with E-state index in [9.17, 15) is 5.26 Å². The second-order valence-electron chi connectivity index (χ2n) is 4.53. The van der Waals surface area contributed by atoms with E-state index >= 15 is 0 Å². The van der Waals surface area contributed by atoms with Gasteiger partial charge in [0.25, 0.3) is 0 Å². The molecule has 17 heavy (non-hydrogen) atoms. The lowest BCUT2D eigenvalue weighted by molar-refractivity contribution is 0.273. The van der Waals surface area contributed by atoms with E-state index in [2.05, 4.69) is 17.5 Å². The molecule has 1 unspecified atom stereocenters. The molecule has 0 spiro atoms. The maximum atomic E-state index is 9.51. The van der Waals surface area contributed by atoms with E-state index in [1.54, 1.807) is 0 Å². The maximum Gasteiger partial charge on any atom is 0.132 e. The summed E-state index contributed by atoms with van der Waals surface area (Å²) < 4.78 is 0. The number of benzene rings is 1. The van der Waals surface area contributed by atoms with Crippen molar-refractivity contribution in [1.29, 1.82) is 5.26 Å². The topological polar surface area (TPSA) is 56.0 Å². The summed E-state index contributed by atoms with van der Waals surface area (Å²) in [5.74, 6) is 0. The summed E-state index contributed by atoms with van der Waals surface area (Å²) in [4.78, 5) is 0. The molecule has 0 amide bonds. The van der Waals surface area contributed by atoms with Crippen LogP contribution in [0.15, 0.2) is 24.3 Å². The molecule has 0 aromatic heterocycles. The number of rotatable bonds is 4. The molecule has 0 heterocycles. The van der Waals surface area contributed by atoms with E-state index in [1.165, 1.54) is 5.56 Å². The molecule has 1 aromatic rings. The molecule has 0 fully saturated rings. The molecular formula is C14H18N2O. The average Bonchev–Trinajstić information content (AvgIpc) is 2.39. The highest BCUT2D eigenvalue weighted by Gasteiger charge is 2.35. The molecule has 2 rings (SSSR count). The minimum absolute atomic E-state index is 0.163. The third kappa shape index (κ3) is 2.33. The van der Waals surface area contributed by atoms with Crippen LogP contribution in [0.3, 0.4) is 0 Å². The molecule has 1 aliphatic carbocycles. The van der Waals surface area contributed by atoms with Crippen molar-refractivity contribution < 1.29 is 5.11 Å². The number of hydrogen-bond donors (Lipinski definition) is 2. The van der Waals surface area contributed by atoms with Crippen LogP contribution in [0, 0.1) is 11.3 Å². The molecule has 2 N–H and O–H groups in total. The average molecular weight is 230 g/mol. The lowest BCUT2D eigenvalue weighted by atomic mass is 9.77. The van der Waals surface area contributed by atoms with Gasteiger partial charge in [-0.1, -0.05) is 24.3 Å². The first-order chi connectivity index (χ1) is 8.32. The Kier molecular flexibility index (Phi) is 3.78. The maximum absolute atomic E-state index is 9.51. The van der Waals surface area contributed by atoms with Gasteiger partial charge in [-0.3, -0.25) is 5.32 Å². The Bertz CT molecular complexity index is 424. The third-order valence-corrected chi connectivity index (χ3v) is 3.43. The smallest absolute Gasteiger partial charge is 0.132 e. The lowest BCUT2D eigenvalue weighted by Crippen LogP contribution is -2.44. The molecule has 1 aromatic carbocycles. The van der Waals surface area contributed by atoms with Crippen LogP contribution in [-0.2, 0) is 12.0 Å². The first-order valence-corrected chi connectivity index (χ1v) is 6.18. The van der Waals surface area contributed by atoms with Crippen LogP contribution in [-0.4, -0.2) is 18.3 Å². The van der Waals surface area contributed by atoms with Crippen LogP contribution < -0.4 is 5.32 Å². The molecule has 0 saturated carbocycles. The Labute approximate surface area is 102 Å². The molecule has 1 aliphatic rings. The van der Waals surface area contributed by atoms with Crippen LogP contribution in [0.1, 0.15) is 30.4 Å². The Hall–Kier alpha value is -1.37. The molecule has 3 heteroatoms. The van der Waals surface area contributed by atoms with Gasteiger partial charge in [0.05, 0.1) is 6.07 Å². The van der Waals surface area contributed by atoms with Gasteiger partial charge in [-0.15, -0.1) is 0 Å². The summed E-state index contributed by atoms with van der Waals surface area (Å²) >= 11 is 0. The van der Waals surface area contributed by atoms with Crippen molar-refractivity contribution in [3.05, 3.63) is 35.4 Å². The zero-order chi connectivity index (χ0) is 12.1. The van der Waals surface area contributed by atoms with Gasteiger partial charge in [0.2, 0.25) is 0 Å². The Balaban J connectivity index is 2.27. The van der Waals surface area contributed by atoms with Crippen molar-refractivity contribution >= 4 is 0 Å². The van der Waals surface area contributed by atoms with Gasteiger partial charge in [-0.05, 0) is 43.4 Å². The number of aliphatic hydroxyl groups is 1. The van der Waals surface area contributed by atoms with Crippen molar-refractivity contribution in [3.63, 3.8) is 0 Å². The minimum Gasteiger partial charge on any atom is -0.396 e. The van der Waals surface area contributed by atoms with Gasteiger partial charge in [0, 0.05) is 6.61 Å². The second kappa shape index (κ2) is 5.31. The number of nitriles is 1. The predicted octanol–water partition coefficient (Wildman–Crippen LogP) is 1.71. The summed E-state index contributed by atoms with van der Waals surface area (Å²) in [5.41, 5.74) is 1.84. The second-order valence-corrected chi connectivity index (χ2v) is 4.53. The third-order valence-electron chi connectivity index (χ3n) is 3.43. The van der Waals surface area contributed by atoms with E-state index in [1.807, 2.05) is 18.2 Å². The van der Waals surface area contributed by atoms with Gasteiger partial charge < -0.3 is 5.11 Å². The normalized spacial score (nSPS) is 22.8. The molecule has 0 bridgehead atoms. The van der Waals surface area contributed by atoms with Crippen LogP contribution in [0.2, 0.25) is 0 Å². The molecule has 3 nitrogen and oxygen atoms in total. The Morgan fingerprint density at radius 2 is 2.24 bits per heavy atom. The fourth-order valence-corrected chi connectivity index (χ4v) is 2.55. The quantitative estimate of drug-likeness (QED) is 0.774. The fourth-order valence-electron chi connectivity index (χ4n) is 2.55. The Morgan fingerprint density at radius 3 is 3.00 bits per heavy atom. The molecule has 90 valence electrons. The zero-order valence-electron chi connectivity index (χ0n) is 9.95. The van der Waals surface area contributed by atoms with Gasteiger partial charge in [-0.25, -0.2) is 0 Å². The number of aryl methyl sites for hydroxylation is 1. The molecule has 0 saturated heterocycles. The molecule has 0 radical (unpaired) electrons. The van der Waals surface area contributed by atoms with Crippen molar-refractivity contribution in [2.75, 3.05) is 13.2 Å². The minimum atomic E-state index is -0.552. The number of hydrogen-bond acceptors (Lipinski definition) is 3. The van der Waals surface area contributed by atoms with Crippen LogP contribution in [0.5, 0.6) is 0 Å². The SMILES string of the molecule is N#CC1(NCCCO)CCCc2ccccc21. The molecule has 0 aliphatic heterocycles. The lowest BCUT2D eigenvalue weighted by Gasteiger charge is -2.34. The summed E-state index contributed by atoms with van der Waals surface area (Å²) in [5, 5.41) is 21.7. The number of fused-ring (bicyclic) bond motifs is 1. The van der Waals surface area contributed by atoms with Crippen molar-refractivity contribution in [1.82, 2.24) is 5.32 Å².